The number of nitrogens with two attached hydrogens (primary N) is 1. The van der Waals surface area contributed by atoms with E-state index in [1.54, 1.807) is 0 Å². The van der Waals surface area contributed by atoms with Gasteiger partial charge in [-0.2, -0.15) is 0 Å². The van der Waals surface area contributed by atoms with Gasteiger partial charge < -0.3 is 10.6 Å². The summed E-state index contributed by atoms with van der Waals surface area (Å²) in [6, 6.07) is 0.486. The van der Waals surface area contributed by atoms with Crippen LogP contribution in [0.25, 0.3) is 0 Å². The van der Waals surface area contributed by atoms with Crippen LogP contribution < -0.4 is 5.73 Å². The molecule has 1 aliphatic heterocycles. The second-order valence-corrected chi connectivity index (χ2v) is 4.79. The molecular weight excluding hydrogens is 160 g/mol. The van der Waals surface area contributed by atoms with Crippen LogP contribution in [-0.2, 0) is 0 Å². The summed E-state index contributed by atoms with van der Waals surface area (Å²) >= 11 is 0. The average molecular weight is 182 g/mol. The molecule has 0 amide bonds. The first-order chi connectivity index (χ1) is 6.34. The molecule has 1 saturated carbocycles. The number of likely N-dealkylation sites (tertiary alicyclic amines) is 1. The fourth-order valence-electron chi connectivity index (χ4n) is 2.69. The van der Waals surface area contributed by atoms with E-state index in [-0.39, 0.29) is 0 Å². The maximum atomic E-state index is 5.88. The molecule has 2 fully saturated rings. The van der Waals surface area contributed by atoms with Gasteiger partial charge in [-0.3, -0.25) is 0 Å². The third-order valence-electron chi connectivity index (χ3n) is 3.62. The van der Waals surface area contributed by atoms with Crippen molar-refractivity contribution in [2.24, 2.45) is 11.7 Å². The van der Waals surface area contributed by atoms with Gasteiger partial charge in [-0.05, 0) is 44.7 Å². The van der Waals surface area contributed by atoms with E-state index in [2.05, 4.69) is 4.90 Å². The molecular formula is C11H22N2. The Morgan fingerprint density at radius 2 is 1.62 bits per heavy atom. The molecule has 13 heavy (non-hydrogen) atoms. The van der Waals surface area contributed by atoms with Crippen molar-refractivity contribution >= 4 is 0 Å². The number of rotatable bonds is 2. The highest BCUT2D eigenvalue weighted by Gasteiger charge is 2.21. The van der Waals surface area contributed by atoms with Crippen LogP contribution in [0, 0.1) is 5.92 Å². The van der Waals surface area contributed by atoms with Gasteiger partial charge in [0, 0.05) is 12.6 Å². The largest absolute Gasteiger partial charge is 0.328 e. The van der Waals surface area contributed by atoms with E-state index in [4.69, 9.17) is 5.73 Å². The molecule has 2 rings (SSSR count). The minimum absolute atomic E-state index is 0.486. The van der Waals surface area contributed by atoms with Crippen molar-refractivity contribution in [3.63, 3.8) is 0 Å². The van der Waals surface area contributed by atoms with Crippen molar-refractivity contribution in [3.05, 3.63) is 0 Å². The molecule has 2 aliphatic rings. The Labute approximate surface area is 81.5 Å². The lowest BCUT2D eigenvalue weighted by Gasteiger charge is -2.31. The first-order valence-corrected chi connectivity index (χ1v) is 5.82. The first-order valence-electron chi connectivity index (χ1n) is 5.82. The highest BCUT2D eigenvalue weighted by atomic mass is 15.1. The average Bonchev–Trinajstić information content (AvgIpc) is 2.62. The van der Waals surface area contributed by atoms with Gasteiger partial charge >= 0.3 is 0 Å². The predicted molar refractivity (Wildman–Crippen MR) is 55.6 cm³/mol. The van der Waals surface area contributed by atoms with Crippen molar-refractivity contribution in [1.82, 2.24) is 4.90 Å². The van der Waals surface area contributed by atoms with Gasteiger partial charge in [0.05, 0.1) is 0 Å². The standard InChI is InChI=1S/C11H22N2/c12-11-5-7-13(8-6-11)9-10-3-1-2-4-10/h10-11H,1-9,12H2. The Hall–Kier alpha value is -0.0800. The lowest BCUT2D eigenvalue weighted by molar-refractivity contribution is 0.184. The maximum absolute atomic E-state index is 5.88. The zero-order valence-electron chi connectivity index (χ0n) is 8.54. The summed E-state index contributed by atoms with van der Waals surface area (Å²) in [5.41, 5.74) is 5.88. The monoisotopic (exact) mass is 182 g/mol. The molecule has 2 nitrogen and oxygen atoms in total. The zero-order chi connectivity index (χ0) is 9.10. The molecule has 0 spiro atoms. The lowest BCUT2D eigenvalue weighted by atomic mass is 10.0. The second-order valence-electron chi connectivity index (χ2n) is 4.79. The Morgan fingerprint density at radius 1 is 1.00 bits per heavy atom. The van der Waals surface area contributed by atoms with E-state index in [1.165, 1.54) is 58.2 Å². The third-order valence-corrected chi connectivity index (χ3v) is 3.62. The number of hydrogen-bond acceptors (Lipinski definition) is 2. The molecule has 0 aromatic heterocycles. The van der Waals surface area contributed by atoms with Crippen molar-refractivity contribution < 1.29 is 0 Å². The van der Waals surface area contributed by atoms with Gasteiger partial charge in [0.15, 0.2) is 0 Å². The summed E-state index contributed by atoms with van der Waals surface area (Å²) in [6.45, 7) is 3.85. The maximum Gasteiger partial charge on any atom is 0.00631 e. The number of hydrogen-bond donors (Lipinski definition) is 1. The normalized spacial score (nSPS) is 28.4. The molecule has 2 heteroatoms. The van der Waals surface area contributed by atoms with Gasteiger partial charge in [-0.25, -0.2) is 0 Å². The van der Waals surface area contributed by atoms with Gasteiger partial charge in [-0.15, -0.1) is 0 Å². The summed E-state index contributed by atoms with van der Waals surface area (Å²) in [6.07, 6.45) is 8.32. The van der Waals surface area contributed by atoms with Gasteiger partial charge in [0.2, 0.25) is 0 Å². The smallest absolute Gasteiger partial charge is 0.00631 e. The van der Waals surface area contributed by atoms with Gasteiger partial charge in [-0.1, -0.05) is 12.8 Å². The van der Waals surface area contributed by atoms with Crippen LogP contribution in [0.5, 0.6) is 0 Å². The molecule has 0 unspecified atom stereocenters. The molecule has 0 atom stereocenters. The molecule has 1 heterocycles. The van der Waals surface area contributed by atoms with Crippen LogP contribution in [0.1, 0.15) is 38.5 Å². The van der Waals surface area contributed by atoms with Gasteiger partial charge in [0.1, 0.15) is 0 Å². The summed E-state index contributed by atoms with van der Waals surface area (Å²) in [7, 11) is 0. The van der Waals surface area contributed by atoms with E-state index < -0.39 is 0 Å². The number of piperidine rings is 1. The number of nitrogens with zero attached hydrogens (tertiary/aromatic N) is 1. The molecule has 1 aliphatic carbocycles. The fourth-order valence-corrected chi connectivity index (χ4v) is 2.69. The molecule has 0 radical (unpaired) electrons. The Morgan fingerprint density at radius 3 is 2.23 bits per heavy atom. The predicted octanol–water partition coefficient (Wildman–Crippen LogP) is 1.60. The SMILES string of the molecule is NC1CCN(CC2CCCC2)CC1. The highest BCUT2D eigenvalue weighted by Crippen LogP contribution is 2.26. The van der Waals surface area contributed by atoms with Crippen molar-refractivity contribution in [2.75, 3.05) is 19.6 Å². The fraction of sp³-hybridized carbons (Fsp3) is 1.00. The second kappa shape index (κ2) is 4.43. The van der Waals surface area contributed by atoms with Crippen molar-refractivity contribution in [1.29, 1.82) is 0 Å². The first kappa shape index (κ1) is 9.47. The minimum atomic E-state index is 0.486. The minimum Gasteiger partial charge on any atom is -0.328 e. The van der Waals surface area contributed by atoms with E-state index in [9.17, 15) is 0 Å². The van der Waals surface area contributed by atoms with E-state index in [1.807, 2.05) is 0 Å². The molecule has 0 aromatic rings. The molecule has 2 N–H and O–H groups in total. The van der Waals surface area contributed by atoms with Crippen LogP contribution in [0.3, 0.4) is 0 Å². The topological polar surface area (TPSA) is 29.3 Å². The molecule has 0 bridgehead atoms. The molecule has 1 saturated heterocycles. The Bertz CT molecular complexity index is 144. The molecule has 0 aromatic carbocycles. The molecule has 76 valence electrons. The van der Waals surface area contributed by atoms with Gasteiger partial charge in [0.25, 0.3) is 0 Å². The Balaban J connectivity index is 1.69. The van der Waals surface area contributed by atoms with Crippen molar-refractivity contribution in [3.8, 4) is 0 Å². The summed E-state index contributed by atoms with van der Waals surface area (Å²) in [5, 5.41) is 0. The lowest BCUT2D eigenvalue weighted by Crippen LogP contribution is -2.41. The Kier molecular flexibility index (Phi) is 3.23. The summed E-state index contributed by atoms with van der Waals surface area (Å²) in [4.78, 5) is 2.62. The third kappa shape index (κ3) is 2.68. The van der Waals surface area contributed by atoms with Crippen LogP contribution in [0.4, 0.5) is 0 Å². The zero-order valence-corrected chi connectivity index (χ0v) is 8.54. The summed E-state index contributed by atoms with van der Waals surface area (Å²) < 4.78 is 0. The van der Waals surface area contributed by atoms with E-state index in [0.717, 1.165) is 5.92 Å². The highest BCUT2D eigenvalue weighted by molar-refractivity contribution is 4.77. The van der Waals surface area contributed by atoms with E-state index >= 15 is 0 Å². The van der Waals surface area contributed by atoms with E-state index in [0.29, 0.717) is 6.04 Å². The van der Waals surface area contributed by atoms with Crippen LogP contribution in [-0.4, -0.2) is 30.6 Å². The van der Waals surface area contributed by atoms with Crippen LogP contribution in [0.2, 0.25) is 0 Å². The van der Waals surface area contributed by atoms with Crippen molar-refractivity contribution in [2.45, 2.75) is 44.6 Å². The summed E-state index contributed by atoms with van der Waals surface area (Å²) in [5.74, 6) is 1.01. The van der Waals surface area contributed by atoms with Crippen LogP contribution in [0.15, 0.2) is 0 Å². The quantitative estimate of drug-likeness (QED) is 0.703. The van der Waals surface area contributed by atoms with Crippen LogP contribution >= 0.6 is 0 Å².